The Kier molecular flexibility index (Phi) is 3.19. The molecule has 0 radical (unpaired) electrons. The summed E-state index contributed by atoms with van der Waals surface area (Å²) in [6.45, 7) is 10.2. The first kappa shape index (κ1) is 12.1. The lowest BCUT2D eigenvalue weighted by atomic mass is 9.90. The van der Waals surface area contributed by atoms with Crippen LogP contribution < -0.4 is 15.9 Å². The van der Waals surface area contributed by atoms with Gasteiger partial charge in [-0.3, -0.25) is 0 Å². The lowest BCUT2D eigenvalue weighted by molar-refractivity contribution is 0.545. The predicted octanol–water partition coefficient (Wildman–Crippen LogP) is 0.477. The molecule has 94 valence electrons. The van der Waals surface area contributed by atoms with Crippen LogP contribution in [0.15, 0.2) is 11.0 Å². The summed E-state index contributed by atoms with van der Waals surface area (Å²) in [5, 5.41) is 3.32. The van der Waals surface area contributed by atoms with Gasteiger partial charge in [-0.05, 0) is 0 Å². The zero-order valence-electron chi connectivity index (χ0n) is 10.7. The Balaban J connectivity index is 2.41. The van der Waals surface area contributed by atoms with Crippen molar-refractivity contribution in [2.75, 3.05) is 31.1 Å². The second kappa shape index (κ2) is 4.49. The van der Waals surface area contributed by atoms with Crippen LogP contribution in [0, 0.1) is 0 Å². The highest BCUT2D eigenvalue weighted by molar-refractivity contribution is 5.51. The number of anilines is 1. The smallest absolute Gasteiger partial charge is 0.345 e. The van der Waals surface area contributed by atoms with Crippen molar-refractivity contribution in [2.24, 2.45) is 0 Å². The second-order valence-electron chi connectivity index (χ2n) is 5.44. The zero-order valence-corrected chi connectivity index (χ0v) is 10.7. The Morgan fingerprint density at radius 3 is 2.53 bits per heavy atom. The topological polar surface area (TPSA) is 61.0 Å². The van der Waals surface area contributed by atoms with E-state index in [9.17, 15) is 4.79 Å². The van der Waals surface area contributed by atoms with Gasteiger partial charge >= 0.3 is 5.69 Å². The maximum absolute atomic E-state index is 11.4. The molecule has 1 saturated heterocycles. The van der Waals surface area contributed by atoms with Gasteiger partial charge in [-0.2, -0.15) is 4.98 Å². The minimum absolute atomic E-state index is 0.0810. The molecule has 1 aliphatic rings. The summed E-state index contributed by atoms with van der Waals surface area (Å²) in [7, 11) is 0. The van der Waals surface area contributed by atoms with Crippen LogP contribution in [0.3, 0.4) is 0 Å². The van der Waals surface area contributed by atoms with Gasteiger partial charge in [0.1, 0.15) is 0 Å². The van der Waals surface area contributed by atoms with Gasteiger partial charge in [-0.1, -0.05) is 20.8 Å². The number of H-pyrrole nitrogens is 1. The summed E-state index contributed by atoms with van der Waals surface area (Å²) in [5.74, 6) is 0. The van der Waals surface area contributed by atoms with Crippen molar-refractivity contribution in [2.45, 2.75) is 26.2 Å². The van der Waals surface area contributed by atoms with E-state index in [0.717, 1.165) is 37.6 Å². The van der Waals surface area contributed by atoms with Gasteiger partial charge in [0, 0.05) is 37.3 Å². The Morgan fingerprint density at radius 1 is 1.29 bits per heavy atom. The summed E-state index contributed by atoms with van der Waals surface area (Å²) in [6.07, 6.45) is 1.70. The third-order valence-corrected chi connectivity index (χ3v) is 3.00. The predicted molar refractivity (Wildman–Crippen MR) is 68.6 cm³/mol. The summed E-state index contributed by atoms with van der Waals surface area (Å²) in [5.41, 5.74) is 1.68. The van der Waals surface area contributed by atoms with Crippen molar-refractivity contribution in [3.8, 4) is 0 Å². The lowest BCUT2D eigenvalue weighted by Crippen LogP contribution is -2.45. The van der Waals surface area contributed by atoms with Crippen LogP contribution in [0.1, 0.15) is 26.5 Å². The summed E-state index contributed by atoms with van der Waals surface area (Å²) >= 11 is 0. The number of nitrogens with zero attached hydrogens (tertiary/aromatic N) is 2. The summed E-state index contributed by atoms with van der Waals surface area (Å²) < 4.78 is 0. The highest BCUT2D eigenvalue weighted by atomic mass is 16.1. The highest BCUT2D eigenvalue weighted by Crippen LogP contribution is 2.28. The number of hydrogen-bond donors (Lipinski definition) is 2. The van der Waals surface area contributed by atoms with E-state index in [1.165, 1.54) is 0 Å². The molecule has 0 aliphatic carbocycles. The van der Waals surface area contributed by atoms with E-state index < -0.39 is 0 Å². The average molecular weight is 236 g/mol. The molecule has 1 aromatic heterocycles. The molecule has 0 unspecified atom stereocenters. The molecule has 1 fully saturated rings. The van der Waals surface area contributed by atoms with Crippen molar-refractivity contribution >= 4 is 5.69 Å². The fourth-order valence-corrected chi connectivity index (χ4v) is 2.10. The van der Waals surface area contributed by atoms with Crippen LogP contribution in [0.25, 0.3) is 0 Å². The van der Waals surface area contributed by atoms with Crippen LogP contribution in [0.4, 0.5) is 5.69 Å². The Morgan fingerprint density at radius 2 is 1.94 bits per heavy atom. The Bertz CT molecular complexity index is 441. The van der Waals surface area contributed by atoms with Crippen molar-refractivity contribution < 1.29 is 0 Å². The number of piperazine rings is 1. The van der Waals surface area contributed by atoms with Crippen LogP contribution >= 0.6 is 0 Å². The third-order valence-electron chi connectivity index (χ3n) is 3.00. The molecule has 0 atom stereocenters. The molecule has 0 amide bonds. The van der Waals surface area contributed by atoms with Crippen LogP contribution in [-0.4, -0.2) is 36.1 Å². The molecular formula is C12H20N4O. The standard InChI is InChI=1S/C12H20N4O/c1-12(2,3)10-9(8-14-11(17)15-10)16-6-4-13-5-7-16/h8,13H,4-7H2,1-3H3,(H,14,15,17). The van der Waals surface area contributed by atoms with E-state index in [0.29, 0.717) is 0 Å². The second-order valence-corrected chi connectivity index (χ2v) is 5.44. The molecule has 0 bridgehead atoms. The maximum atomic E-state index is 11.4. The number of hydrogen-bond acceptors (Lipinski definition) is 4. The van der Waals surface area contributed by atoms with Gasteiger partial charge in [0.05, 0.1) is 11.9 Å². The zero-order chi connectivity index (χ0) is 12.5. The van der Waals surface area contributed by atoms with Gasteiger partial charge in [0.15, 0.2) is 0 Å². The first-order valence-electron chi connectivity index (χ1n) is 6.04. The van der Waals surface area contributed by atoms with Crippen LogP contribution in [0.5, 0.6) is 0 Å². The monoisotopic (exact) mass is 236 g/mol. The first-order chi connectivity index (χ1) is 7.98. The van der Waals surface area contributed by atoms with Crippen molar-refractivity contribution in [3.05, 3.63) is 22.4 Å². The number of nitrogens with one attached hydrogen (secondary N) is 2. The molecule has 17 heavy (non-hydrogen) atoms. The Hall–Kier alpha value is -1.36. The molecule has 0 saturated carbocycles. The molecule has 5 nitrogen and oxygen atoms in total. The average Bonchev–Trinajstić information content (AvgIpc) is 2.29. The molecule has 0 spiro atoms. The fourth-order valence-electron chi connectivity index (χ4n) is 2.10. The molecule has 5 heteroatoms. The van der Waals surface area contributed by atoms with Crippen LogP contribution in [-0.2, 0) is 5.41 Å². The SMILES string of the molecule is CC(C)(C)c1[nH]c(=O)ncc1N1CCNCC1. The Labute approximate surface area is 101 Å². The minimum atomic E-state index is -0.270. The maximum Gasteiger partial charge on any atom is 0.345 e. The molecule has 2 N–H and O–H groups in total. The first-order valence-corrected chi connectivity index (χ1v) is 6.04. The largest absolute Gasteiger partial charge is 0.366 e. The fraction of sp³-hybridized carbons (Fsp3) is 0.667. The summed E-state index contributed by atoms with van der Waals surface area (Å²) in [4.78, 5) is 20.4. The molecular weight excluding hydrogens is 216 g/mol. The normalized spacial score (nSPS) is 17.2. The van der Waals surface area contributed by atoms with Crippen molar-refractivity contribution in [1.82, 2.24) is 15.3 Å². The summed E-state index contributed by atoms with van der Waals surface area (Å²) in [6, 6.07) is 0. The van der Waals surface area contributed by atoms with E-state index >= 15 is 0 Å². The quantitative estimate of drug-likeness (QED) is 0.744. The molecule has 2 rings (SSSR count). The van der Waals surface area contributed by atoms with E-state index in [-0.39, 0.29) is 11.1 Å². The molecule has 2 heterocycles. The number of aromatic nitrogens is 2. The number of aromatic amines is 1. The number of rotatable bonds is 1. The third kappa shape index (κ3) is 2.66. The molecule has 1 aromatic rings. The van der Waals surface area contributed by atoms with Crippen molar-refractivity contribution in [1.29, 1.82) is 0 Å². The van der Waals surface area contributed by atoms with E-state index in [1.54, 1.807) is 6.20 Å². The van der Waals surface area contributed by atoms with Gasteiger partial charge < -0.3 is 15.2 Å². The van der Waals surface area contributed by atoms with Gasteiger partial charge in [-0.25, -0.2) is 4.79 Å². The van der Waals surface area contributed by atoms with E-state index in [1.807, 2.05) is 0 Å². The lowest BCUT2D eigenvalue weighted by Gasteiger charge is -2.33. The van der Waals surface area contributed by atoms with Gasteiger partial charge in [0.25, 0.3) is 0 Å². The van der Waals surface area contributed by atoms with Gasteiger partial charge in [-0.15, -0.1) is 0 Å². The minimum Gasteiger partial charge on any atom is -0.366 e. The van der Waals surface area contributed by atoms with E-state index in [2.05, 4.69) is 41.0 Å². The van der Waals surface area contributed by atoms with Gasteiger partial charge in [0.2, 0.25) is 0 Å². The van der Waals surface area contributed by atoms with Crippen molar-refractivity contribution in [3.63, 3.8) is 0 Å². The molecule has 1 aliphatic heterocycles. The van der Waals surface area contributed by atoms with Crippen LogP contribution in [0.2, 0.25) is 0 Å². The molecule has 0 aromatic carbocycles. The highest BCUT2D eigenvalue weighted by Gasteiger charge is 2.23. The van der Waals surface area contributed by atoms with E-state index in [4.69, 9.17) is 0 Å².